The molecule has 0 bridgehead atoms. The summed E-state index contributed by atoms with van der Waals surface area (Å²) in [5.74, 6) is 0. The lowest BCUT2D eigenvalue weighted by Crippen LogP contribution is -3.00. The van der Waals surface area contributed by atoms with Gasteiger partial charge in [-0.3, -0.25) is 4.79 Å². The molecule has 0 aliphatic carbocycles. The highest BCUT2D eigenvalue weighted by Crippen LogP contribution is 2.31. The number of nitrogens with one attached hydrogen (secondary N) is 1. The zero-order valence-corrected chi connectivity index (χ0v) is 16.5. The normalized spacial score (nSPS) is 11.0. The fourth-order valence-electron chi connectivity index (χ4n) is 3.07. The van der Waals surface area contributed by atoms with Gasteiger partial charge in [-0.2, -0.15) is 0 Å². The van der Waals surface area contributed by atoms with Crippen molar-refractivity contribution in [3.8, 4) is 0 Å². The first-order valence-electron chi connectivity index (χ1n) is 8.57. The molecule has 1 aromatic heterocycles. The van der Waals surface area contributed by atoms with Gasteiger partial charge in [-0.1, -0.05) is 32.0 Å². The van der Waals surface area contributed by atoms with E-state index in [0.717, 1.165) is 57.6 Å². The summed E-state index contributed by atoms with van der Waals surface area (Å²) < 4.78 is 2.14. The average Bonchev–Trinajstić information content (AvgIpc) is 2.61. The van der Waals surface area contributed by atoms with Gasteiger partial charge in [-0.25, -0.2) is 0 Å². The molecule has 0 amide bonds. The van der Waals surface area contributed by atoms with Crippen LogP contribution in [0.5, 0.6) is 0 Å². The molecule has 0 radical (unpaired) electrons. The fourth-order valence-corrected chi connectivity index (χ4v) is 4.24. The molecule has 0 fully saturated rings. The van der Waals surface area contributed by atoms with Gasteiger partial charge in [0.2, 0.25) is 0 Å². The maximum atomic E-state index is 13.0. The molecule has 1 heterocycles. The highest BCUT2D eigenvalue weighted by molar-refractivity contribution is 7.24. The minimum absolute atomic E-state index is 0. The van der Waals surface area contributed by atoms with Crippen molar-refractivity contribution < 1.29 is 12.4 Å². The van der Waals surface area contributed by atoms with Crippen LogP contribution in [0.15, 0.2) is 41.2 Å². The summed E-state index contributed by atoms with van der Waals surface area (Å²) in [6.45, 7) is 10.3. The second-order valence-electron chi connectivity index (χ2n) is 6.02. The number of rotatable bonds is 6. The quantitative estimate of drug-likeness (QED) is 0.662. The first-order valence-corrected chi connectivity index (χ1v) is 9.38. The van der Waals surface area contributed by atoms with Crippen molar-refractivity contribution in [3.05, 3.63) is 52.2 Å². The van der Waals surface area contributed by atoms with Crippen molar-refractivity contribution in [1.29, 1.82) is 0 Å². The van der Waals surface area contributed by atoms with Gasteiger partial charge in [0.25, 0.3) is 0 Å². The predicted molar refractivity (Wildman–Crippen MR) is 107 cm³/mol. The van der Waals surface area contributed by atoms with Crippen molar-refractivity contribution in [2.24, 2.45) is 0 Å². The van der Waals surface area contributed by atoms with Crippen LogP contribution in [0.25, 0.3) is 20.2 Å². The molecule has 0 saturated carbocycles. The Kier molecular flexibility index (Phi) is 6.82. The number of aryl methyl sites for hydroxylation is 1. The Morgan fingerprint density at radius 1 is 1.08 bits per heavy atom. The van der Waals surface area contributed by atoms with E-state index in [-0.39, 0.29) is 17.8 Å². The molecular weight excluding hydrogens is 352 g/mol. The molecule has 1 N–H and O–H groups in total. The Hall–Kier alpha value is -1.62. The Balaban J connectivity index is 0.00000225. The number of benzene rings is 2. The highest BCUT2D eigenvalue weighted by atomic mass is 35.5. The number of hydrogen-bond donors (Lipinski definition) is 1. The Bertz CT molecular complexity index is 919. The van der Waals surface area contributed by atoms with Gasteiger partial charge in [-0.15, -0.1) is 11.3 Å². The van der Waals surface area contributed by atoms with Crippen molar-refractivity contribution in [3.63, 3.8) is 0 Å². The van der Waals surface area contributed by atoms with Crippen LogP contribution in [0, 0.1) is 6.92 Å². The Morgan fingerprint density at radius 3 is 2.52 bits per heavy atom. The molecule has 0 spiro atoms. The van der Waals surface area contributed by atoms with E-state index < -0.39 is 0 Å². The Labute approximate surface area is 159 Å². The van der Waals surface area contributed by atoms with Crippen LogP contribution in [-0.2, 0) is 0 Å². The summed E-state index contributed by atoms with van der Waals surface area (Å²) >= 11 is 1.70. The van der Waals surface area contributed by atoms with E-state index in [1.165, 1.54) is 0 Å². The summed E-state index contributed by atoms with van der Waals surface area (Å²) in [4.78, 5) is 15.4. The van der Waals surface area contributed by atoms with Crippen molar-refractivity contribution in [2.45, 2.75) is 20.8 Å². The lowest BCUT2D eigenvalue weighted by molar-refractivity contribution is -0.00000485. The van der Waals surface area contributed by atoms with E-state index in [2.05, 4.69) is 37.1 Å². The maximum Gasteiger partial charge on any atom is 0.197 e. The highest BCUT2D eigenvalue weighted by Gasteiger charge is 2.12. The number of hydrogen-bond acceptors (Lipinski definition) is 4. The minimum Gasteiger partial charge on any atom is -1.00 e. The summed E-state index contributed by atoms with van der Waals surface area (Å²) in [6.07, 6.45) is 0. The third-order valence-corrected chi connectivity index (χ3v) is 5.87. The Morgan fingerprint density at radius 2 is 1.80 bits per heavy atom. The standard InChI is InChI=1S/C20H24N2OS.ClH/c1-4-22(5-2)13-12-21-16-11-10-14(3)20-18(16)19(23)15-8-6-7-9-17(15)24-20;/h6-11,21H,4-5,12-13H2,1-3H3;1H/p-1. The molecule has 0 aliphatic heterocycles. The fraction of sp³-hybridized carbons (Fsp3) is 0.350. The van der Waals surface area contributed by atoms with Gasteiger partial charge in [-0.05, 0) is 43.8 Å². The van der Waals surface area contributed by atoms with E-state index in [1.807, 2.05) is 30.3 Å². The van der Waals surface area contributed by atoms with Gasteiger partial charge in [0.1, 0.15) is 0 Å². The molecule has 3 rings (SSSR count). The zero-order chi connectivity index (χ0) is 17.1. The molecule has 0 aliphatic rings. The second-order valence-corrected chi connectivity index (χ2v) is 7.07. The van der Waals surface area contributed by atoms with E-state index in [9.17, 15) is 4.79 Å². The van der Waals surface area contributed by atoms with Crippen molar-refractivity contribution in [1.82, 2.24) is 4.90 Å². The summed E-state index contributed by atoms with van der Waals surface area (Å²) in [5.41, 5.74) is 2.25. The maximum absolute atomic E-state index is 13.0. The average molecular weight is 376 g/mol. The van der Waals surface area contributed by atoms with Gasteiger partial charge in [0.15, 0.2) is 5.43 Å². The van der Waals surface area contributed by atoms with Crippen LogP contribution in [-0.4, -0.2) is 31.1 Å². The summed E-state index contributed by atoms with van der Waals surface area (Å²) in [7, 11) is 0. The zero-order valence-electron chi connectivity index (χ0n) is 14.9. The van der Waals surface area contributed by atoms with Gasteiger partial charge in [0.05, 0.1) is 5.39 Å². The number of likely N-dealkylation sites (N-methyl/N-ethyl adjacent to an activating group) is 1. The van der Waals surface area contributed by atoms with Crippen LogP contribution >= 0.6 is 11.3 Å². The number of fused-ring (bicyclic) bond motifs is 2. The lowest BCUT2D eigenvalue weighted by Gasteiger charge is -2.19. The van der Waals surface area contributed by atoms with Crippen LogP contribution in [0.2, 0.25) is 0 Å². The van der Waals surface area contributed by atoms with Gasteiger partial charge < -0.3 is 22.6 Å². The van der Waals surface area contributed by atoms with E-state index >= 15 is 0 Å². The second kappa shape index (κ2) is 8.65. The lowest BCUT2D eigenvalue weighted by atomic mass is 10.1. The molecule has 0 saturated heterocycles. The molecule has 0 unspecified atom stereocenters. The van der Waals surface area contributed by atoms with Gasteiger partial charge >= 0.3 is 0 Å². The molecule has 3 nitrogen and oxygen atoms in total. The number of nitrogens with zero attached hydrogens (tertiary/aromatic N) is 1. The first-order chi connectivity index (χ1) is 11.7. The van der Waals surface area contributed by atoms with Crippen LogP contribution in [0.4, 0.5) is 5.69 Å². The molecule has 0 atom stereocenters. The topological polar surface area (TPSA) is 32.3 Å². The predicted octanol–water partition coefficient (Wildman–Crippen LogP) is 1.48. The van der Waals surface area contributed by atoms with E-state index in [0.29, 0.717) is 0 Å². The third kappa shape index (κ3) is 3.97. The number of anilines is 1. The smallest absolute Gasteiger partial charge is 0.197 e. The molecule has 134 valence electrons. The van der Waals surface area contributed by atoms with Crippen molar-refractivity contribution >= 4 is 37.2 Å². The van der Waals surface area contributed by atoms with E-state index in [4.69, 9.17) is 0 Å². The molecule has 5 heteroatoms. The van der Waals surface area contributed by atoms with Crippen LogP contribution in [0.3, 0.4) is 0 Å². The molecule has 3 aromatic rings. The van der Waals surface area contributed by atoms with Crippen molar-refractivity contribution in [2.75, 3.05) is 31.5 Å². The third-order valence-electron chi connectivity index (χ3n) is 4.56. The van der Waals surface area contributed by atoms with Gasteiger partial charge in [0, 0.05) is 33.6 Å². The van der Waals surface area contributed by atoms with Crippen LogP contribution in [0.1, 0.15) is 19.4 Å². The van der Waals surface area contributed by atoms with Crippen LogP contribution < -0.4 is 23.2 Å². The minimum atomic E-state index is 0. The first kappa shape index (κ1) is 19.7. The number of halogens is 1. The summed E-state index contributed by atoms with van der Waals surface area (Å²) in [6, 6.07) is 12.0. The summed E-state index contributed by atoms with van der Waals surface area (Å²) in [5, 5.41) is 5.13. The monoisotopic (exact) mass is 375 g/mol. The largest absolute Gasteiger partial charge is 1.00 e. The SMILES string of the molecule is CCN(CC)CCNc1ccc(C)c2sc3ccccc3c(=O)c12.[Cl-]. The molecular formula is C20H24ClN2OS-. The molecule has 2 aromatic carbocycles. The molecule has 25 heavy (non-hydrogen) atoms. The van der Waals surface area contributed by atoms with E-state index in [1.54, 1.807) is 11.3 Å².